The van der Waals surface area contributed by atoms with Crippen molar-refractivity contribution in [1.29, 1.82) is 0 Å². The monoisotopic (exact) mass is 248 g/mol. The zero-order valence-electron chi connectivity index (χ0n) is 11.7. The van der Waals surface area contributed by atoms with E-state index in [1.165, 1.54) is 6.07 Å². The molecule has 0 unspecified atom stereocenters. The summed E-state index contributed by atoms with van der Waals surface area (Å²) in [6, 6.07) is 1.36. The molecule has 0 saturated carbocycles. The second kappa shape index (κ2) is 6.24. The minimum Gasteiger partial charge on any atom is -0.496 e. The van der Waals surface area contributed by atoms with Crippen molar-refractivity contribution in [1.82, 2.24) is 0 Å². The van der Waals surface area contributed by atoms with Crippen molar-refractivity contribution in [3.63, 3.8) is 0 Å². The maximum Gasteiger partial charge on any atom is 0.339 e. The van der Waals surface area contributed by atoms with E-state index < -0.39 is 5.63 Å². The van der Waals surface area contributed by atoms with Gasteiger partial charge in [-0.2, -0.15) is 0 Å². The van der Waals surface area contributed by atoms with E-state index in [1.807, 2.05) is 26.8 Å². The molecule has 0 N–H and O–H groups in total. The van der Waals surface area contributed by atoms with Crippen molar-refractivity contribution in [2.45, 2.75) is 34.1 Å². The van der Waals surface area contributed by atoms with Crippen molar-refractivity contribution < 1.29 is 9.15 Å². The molecule has 0 aromatic carbocycles. The molecule has 0 bridgehead atoms. The van der Waals surface area contributed by atoms with Crippen LogP contribution in [0.25, 0.3) is 5.57 Å². The van der Waals surface area contributed by atoms with Gasteiger partial charge in [-0.3, -0.25) is 0 Å². The van der Waals surface area contributed by atoms with E-state index in [0.717, 1.165) is 23.1 Å². The zero-order chi connectivity index (χ0) is 13.7. The quantitative estimate of drug-likeness (QED) is 0.762. The lowest BCUT2D eigenvalue weighted by molar-refractivity contribution is 0.395. The minimum absolute atomic E-state index is 0.391. The Morgan fingerprint density at radius 3 is 2.67 bits per heavy atom. The van der Waals surface area contributed by atoms with Crippen LogP contribution in [-0.2, 0) is 0 Å². The highest BCUT2D eigenvalue weighted by molar-refractivity contribution is 5.66. The summed E-state index contributed by atoms with van der Waals surface area (Å²) in [6.45, 7) is 7.93. The number of methoxy groups -OCH3 is 1. The average molecular weight is 248 g/mol. The first-order valence-corrected chi connectivity index (χ1v) is 6.03. The van der Waals surface area contributed by atoms with Crippen LogP contribution in [0.3, 0.4) is 0 Å². The third-order valence-electron chi connectivity index (χ3n) is 2.71. The molecule has 1 aromatic heterocycles. The Morgan fingerprint density at radius 1 is 1.44 bits per heavy atom. The van der Waals surface area contributed by atoms with Crippen molar-refractivity contribution in [3.05, 3.63) is 45.5 Å². The molecule has 0 radical (unpaired) electrons. The number of hydrogen-bond acceptors (Lipinski definition) is 3. The molecule has 1 rings (SSSR count). The molecule has 0 amide bonds. The highest BCUT2D eigenvalue weighted by Gasteiger charge is 2.10. The van der Waals surface area contributed by atoms with Gasteiger partial charge < -0.3 is 9.15 Å². The van der Waals surface area contributed by atoms with Crippen molar-refractivity contribution >= 4 is 5.57 Å². The Labute approximate surface area is 108 Å². The van der Waals surface area contributed by atoms with Crippen LogP contribution >= 0.6 is 0 Å². The van der Waals surface area contributed by atoms with E-state index in [0.29, 0.717) is 11.5 Å². The molecule has 0 aliphatic carbocycles. The Bertz CT molecular complexity index is 533. The van der Waals surface area contributed by atoms with Crippen molar-refractivity contribution in [3.8, 4) is 5.75 Å². The summed E-state index contributed by atoms with van der Waals surface area (Å²) in [5.41, 5.74) is 2.53. The molecule has 0 fully saturated rings. The Hall–Kier alpha value is -1.77. The van der Waals surface area contributed by atoms with Crippen LogP contribution in [0.5, 0.6) is 5.75 Å². The van der Waals surface area contributed by atoms with Crippen LogP contribution < -0.4 is 10.4 Å². The maximum absolute atomic E-state index is 11.4. The van der Waals surface area contributed by atoms with Gasteiger partial charge in [-0.05, 0) is 32.8 Å². The summed E-state index contributed by atoms with van der Waals surface area (Å²) in [6.07, 6.45) is 5.11. The number of allylic oxidation sites excluding steroid dienone is 4. The fraction of sp³-hybridized carbons (Fsp3) is 0.400. The predicted octanol–water partition coefficient (Wildman–Crippen LogP) is 3.72. The summed E-state index contributed by atoms with van der Waals surface area (Å²) in [5.74, 6) is 1.15. The van der Waals surface area contributed by atoms with Gasteiger partial charge in [-0.1, -0.05) is 24.6 Å². The third kappa shape index (κ3) is 3.36. The standard InChI is InChI=1S/C15H20O3/c1-6-7-10(2)8-11(3)15-12(4)13(17-5)9-14(16)18-15/h7-9H,6H2,1-5H3. The summed E-state index contributed by atoms with van der Waals surface area (Å²) in [7, 11) is 1.55. The van der Waals surface area contributed by atoms with Gasteiger partial charge in [-0.15, -0.1) is 0 Å². The van der Waals surface area contributed by atoms with Crippen LogP contribution in [-0.4, -0.2) is 7.11 Å². The molecule has 1 heterocycles. The van der Waals surface area contributed by atoms with Gasteiger partial charge in [0.15, 0.2) is 0 Å². The van der Waals surface area contributed by atoms with Crippen LogP contribution in [0.4, 0.5) is 0 Å². The van der Waals surface area contributed by atoms with E-state index in [1.54, 1.807) is 7.11 Å². The zero-order valence-corrected chi connectivity index (χ0v) is 11.7. The first-order chi connectivity index (χ1) is 8.49. The molecule has 0 saturated heterocycles. The second-order valence-corrected chi connectivity index (χ2v) is 4.27. The molecular formula is C15H20O3. The van der Waals surface area contributed by atoms with Crippen molar-refractivity contribution in [2.24, 2.45) is 0 Å². The molecule has 3 heteroatoms. The fourth-order valence-electron chi connectivity index (χ4n) is 1.91. The van der Waals surface area contributed by atoms with Gasteiger partial charge in [0.25, 0.3) is 0 Å². The van der Waals surface area contributed by atoms with E-state index >= 15 is 0 Å². The number of hydrogen-bond donors (Lipinski definition) is 0. The average Bonchev–Trinajstić information content (AvgIpc) is 2.31. The van der Waals surface area contributed by atoms with Gasteiger partial charge in [0.05, 0.1) is 13.2 Å². The molecule has 0 aliphatic rings. The minimum atomic E-state index is -0.391. The summed E-state index contributed by atoms with van der Waals surface area (Å²) < 4.78 is 10.4. The second-order valence-electron chi connectivity index (χ2n) is 4.27. The van der Waals surface area contributed by atoms with Crippen LogP contribution in [0.15, 0.2) is 33.0 Å². The van der Waals surface area contributed by atoms with E-state index in [2.05, 4.69) is 13.0 Å². The van der Waals surface area contributed by atoms with E-state index in [9.17, 15) is 4.79 Å². The maximum atomic E-state index is 11.4. The molecule has 3 nitrogen and oxygen atoms in total. The van der Waals surface area contributed by atoms with Crippen LogP contribution in [0, 0.1) is 6.92 Å². The lowest BCUT2D eigenvalue weighted by Crippen LogP contribution is -2.03. The largest absolute Gasteiger partial charge is 0.496 e. The van der Waals surface area contributed by atoms with E-state index in [-0.39, 0.29) is 0 Å². The first kappa shape index (κ1) is 14.3. The van der Waals surface area contributed by atoms with Gasteiger partial charge in [-0.25, -0.2) is 4.79 Å². The third-order valence-corrected chi connectivity index (χ3v) is 2.71. The molecule has 1 aromatic rings. The molecule has 18 heavy (non-hydrogen) atoms. The summed E-state index contributed by atoms with van der Waals surface area (Å²) in [5, 5.41) is 0. The molecular weight excluding hydrogens is 228 g/mol. The Kier molecular flexibility index (Phi) is 4.95. The normalized spacial score (nSPS) is 12.7. The Balaban J connectivity index is 3.29. The van der Waals surface area contributed by atoms with Gasteiger partial charge >= 0.3 is 5.63 Å². The fourth-order valence-corrected chi connectivity index (χ4v) is 1.91. The van der Waals surface area contributed by atoms with Crippen LogP contribution in [0.2, 0.25) is 0 Å². The molecule has 0 aliphatic heterocycles. The van der Waals surface area contributed by atoms with Gasteiger partial charge in [0, 0.05) is 5.56 Å². The van der Waals surface area contributed by atoms with Crippen LogP contribution in [0.1, 0.15) is 38.5 Å². The highest BCUT2D eigenvalue weighted by atomic mass is 16.5. The smallest absolute Gasteiger partial charge is 0.339 e. The SMILES string of the molecule is CCC=C(C)C=C(C)c1oc(=O)cc(OC)c1C. The number of rotatable bonds is 4. The molecule has 0 spiro atoms. The molecule has 0 atom stereocenters. The number of ether oxygens (including phenoxy) is 1. The highest BCUT2D eigenvalue weighted by Crippen LogP contribution is 2.25. The van der Waals surface area contributed by atoms with Gasteiger partial charge in [0.1, 0.15) is 11.5 Å². The first-order valence-electron chi connectivity index (χ1n) is 6.03. The topological polar surface area (TPSA) is 39.4 Å². The lowest BCUT2D eigenvalue weighted by Gasteiger charge is -2.08. The molecule has 98 valence electrons. The summed E-state index contributed by atoms with van der Waals surface area (Å²) in [4.78, 5) is 11.4. The summed E-state index contributed by atoms with van der Waals surface area (Å²) >= 11 is 0. The van der Waals surface area contributed by atoms with Crippen molar-refractivity contribution in [2.75, 3.05) is 7.11 Å². The predicted molar refractivity (Wildman–Crippen MR) is 74.0 cm³/mol. The van der Waals surface area contributed by atoms with Gasteiger partial charge in [0.2, 0.25) is 0 Å². The van der Waals surface area contributed by atoms with E-state index in [4.69, 9.17) is 9.15 Å². The lowest BCUT2D eigenvalue weighted by atomic mass is 10.1. The Morgan fingerprint density at radius 2 is 2.11 bits per heavy atom.